The molecule has 2 aromatic carbocycles. The Balaban J connectivity index is 1.67. The zero-order chi connectivity index (χ0) is 23.9. The van der Waals surface area contributed by atoms with Crippen LogP contribution < -0.4 is 0 Å². The van der Waals surface area contributed by atoms with Gasteiger partial charge in [-0.2, -0.15) is 18.2 Å². The number of alkyl halides is 3. The zero-order valence-electron chi connectivity index (χ0n) is 17.3. The summed E-state index contributed by atoms with van der Waals surface area (Å²) in [5, 5.41) is 4.34. The maximum Gasteiger partial charge on any atom is 0.432 e. The monoisotopic (exact) mass is 482 g/mol. The standard InChI is InChI=1S/C24H14ClF3N4O2/c25-16-9-7-14(8-10-16)13-32-18-6-2-1-5-17(18)19(21(32)24(26,27)28)20(33)23-30-22(31-34-23)15-4-3-11-29-12-15/h1-12H,13H2. The lowest BCUT2D eigenvalue weighted by atomic mass is 10.1. The molecule has 0 spiro atoms. The molecule has 0 atom stereocenters. The van der Waals surface area contributed by atoms with E-state index in [9.17, 15) is 18.0 Å². The van der Waals surface area contributed by atoms with E-state index in [0.717, 1.165) is 4.57 Å². The molecule has 6 nitrogen and oxygen atoms in total. The Morgan fingerprint density at radius 1 is 1.03 bits per heavy atom. The van der Waals surface area contributed by atoms with E-state index in [1.807, 2.05) is 0 Å². The van der Waals surface area contributed by atoms with E-state index in [1.54, 1.807) is 54.7 Å². The van der Waals surface area contributed by atoms with Gasteiger partial charge in [0.25, 0.3) is 11.7 Å². The maximum absolute atomic E-state index is 14.4. The molecule has 0 saturated carbocycles. The number of carbonyl (C=O) groups is 1. The quantitative estimate of drug-likeness (QED) is 0.286. The summed E-state index contributed by atoms with van der Waals surface area (Å²) in [5.74, 6) is -1.50. The van der Waals surface area contributed by atoms with E-state index in [4.69, 9.17) is 16.1 Å². The molecule has 34 heavy (non-hydrogen) atoms. The van der Waals surface area contributed by atoms with Gasteiger partial charge in [-0.1, -0.05) is 47.1 Å². The molecule has 3 heterocycles. The van der Waals surface area contributed by atoms with Crippen LogP contribution in [0.1, 0.15) is 27.5 Å². The van der Waals surface area contributed by atoms with Gasteiger partial charge < -0.3 is 9.09 Å². The molecule has 0 saturated heterocycles. The van der Waals surface area contributed by atoms with Gasteiger partial charge in [-0.05, 0) is 35.9 Å². The zero-order valence-corrected chi connectivity index (χ0v) is 18.0. The van der Waals surface area contributed by atoms with Crippen molar-refractivity contribution in [2.45, 2.75) is 12.7 Å². The van der Waals surface area contributed by atoms with Gasteiger partial charge in [-0.15, -0.1) is 0 Å². The number of aromatic nitrogens is 4. The van der Waals surface area contributed by atoms with E-state index >= 15 is 0 Å². The third kappa shape index (κ3) is 3.94. The number of carbonyl (C=O) groups excluding carboxylic acids is 1. The van der Waals surface area contributed by atoms with E-state index in [1.165, 1.54) is 18.3 Å². The minimum atomic E-state index is -4.83. The van der Waals surface area contributed by atoms with Gasteiger partial charge in [0.1, 0.15) is 5.69 Å². The second kappa shape index (κ2) is 8.42. The van der Waals surface area contributed by atoms with Gasteiger partial charge in [-0.25, -0.2) is 0 Å². The van der Waals surface area contributed by atoms with Gasteiger partial charge in [0.05, 0.1) is 5.56 Å². The van der Waals surface area contributed by atoms with Crippen LogP contribution in [0.15, 0.2) is 77.6 Å². The van der Waals surface area contributed by atoms with Crippen LogP contribution in [0, 0.1) is 0 Å². The first-order chi connectivity index (χ1) is 16.3. The predicted molar refractivity (Wildman–Crippen MR) is 118 cm³/mol. The van der Waals surface area contributed by atoms with Crippen molar-refractivity contribution in [3.8, 4) is 11.4 Å². The van der Waals surface area contributed by atoms with Crippen LogP contribution >= 0.6 is 11.6 Å². The van der Waals surface area contributed by atoms with Crippen LogP contribution in [0.5, 0.6) is 0 Å². The van der Waals surface area contributed by atoms with E-state index in [2.05, 4.69) is 15.1 Å². The van der Waals surface area contributed by atoms with Crippen molar-refractivity contribution in [3.05, 3.63) is 101 Å². The van der Waals surface area contributed by atoms with Crippen molar-refractivity contribution < 1.29 is 22.5 Å². The van der Waals surface area contributed by atoms with Crippen molar-refractivity contribution in [1.82, 2.24) is 19.7 Å². The Morgan fingerprint density at radius 3 is 2.50 bits per heavy atom. The molecular weight excluding hydrogens is 469 g/mol. The van der Waals surface area contributed by atoms with E-state index in [0.29, 0.717) is 16.1 Å². The number of benzene rings is 2. The smallest absolute Gasteiger partial charge is 0.332 e. The lowest BCUT2D eigenvalue weighted by Crippen LogP contribution is -2.18. The highest BCUT2D eigenvalue weighted by Crippen LogP contribution is 2.39. The molecule has 0 bridgehead atoms. The van der Waals surface area contributed by atoms with E-state index in [-0.39, 0.29) is 23.3 Å². The van der Waals surface area contributed by atoms with Gasteiger partial charge in [0.15, 0.2) is 0 Å². The highest BCUT2D eigenvalue weighted by Gasteiger charge is 2.42. The first-order valence-electron chi connectivity index (χ1n) is 10.0. The lowest BCUT2D eigenvalue weighted by Gasteiger charge is -2.14. The van der Waals surface area contributed by atoms with Crippen LogP contribution in [-0.4, -0.2) is 25.5 Å². The third-order valence-corrected chi connectivity index (χ3v) is 5.51. The molecule has 10 heteroatoms. The first kappa shape index (κ1) is 21.8. The Bertz CT molecular complexity index is 1490. The number of hydrogen-bond donors (Lipinski definition) is 0. The molecular formula is C24H14ClF3N4O2. The molecule has 0 radical (unpaired) electrons. The summed E-state index contributed by atoms with van der Waals surface area (Å²) in [5.41, 5.74) is -0.328. The topological polar surface area (TPSA) is 73.8 Å². The van der Waals surface area contributed by atoms with Crippen LogP contribution in [0.2, 0.25) is 5.02 Å². The summed E-state index contributed by atoms with van der Waals surface area (Å²) in [4.78, 5) is 21.3. The highest BCUT2D eigenvalue weighted by atomic mass is 35.5. The summed E-state index contributed by atoms with van der Waals surface area (Å²) < 4.78 is 49.3. The summed E-state index contributed by atoms with van der Waals surface area (Å²) >= 11 is 5.91. The van der Waals surface area contributed by atoms with Crippen molar-refractivity contribution in [3.63, 3.8) is 0 Å². The maximum atomic E-state index is 14.4. The molecule has 170 valence electrons. The van der Waals surface area contributed by atoms with Crippen LogP contribution in [0.25, 0.3) is 22.3 Å². The number of hydrogen-bond acceptors (Lipinski definition) is 5. The number of rotatable bonds is 5. The summed E-state index contributed by atoms with van der Waals surface area (Å²) in [6.07, 6.45) is -1.83. The van der Waals surface area contributed by atoms with Crippen LogP contribution in [0.4, 0.5) is 13.2 Å². The summed E-state index contributed by atoms with van der Waals surface area (Å²) in [7, 11) is 0. The first-order valence-corrected chi connectivity index (χ1v) is 10.4. The van der Waals surface area contributed by atoms with Gasteiger partial charge in [0.2, 0.25) is 5.82 Å². The highest BCUT2D eigenvalue weighted by molar-refractivity contribution is 6.30. The van der Waals surface area contributed by atoms with Gasteiger partial charge in [0, 0.05) is 40.4 Å². The van der Waals surface area contributed by atoms with Gasteiger partial charge in [-0.3, -0.25) is 9.78 Å². The second-order valence-electron chi connectivity index (χ2n) is 7.45. The number of halogens is 4. The Labute approximate surface area is 195 Å². The summed E-state index contributed by atoms with van der Waals surface area (Å²) in [6, 6.07) is 15.9. The number of nitrogens with zero attached hydrogens (tertiary/aromatic N) is 4. The molecule has 0 aliphatic carbocycles. The molecule has 0 aliphatic rings. The third-order valence-electron chi connectivity index (χ3n) is 5.26. The minimum Gasteiger partial charge on any atom is -0.332 e. The Kier molecular flexibility index (Phi) is 5.41. The van der Waals surface area contributed by atoms with E-state index < -0.39 is 29.1 Å². The number of pyridine rings is 1. The number of fused-ring (bicyclic) bond motifs is 1. The van der Waals surface area contributed by atoms with Crippen LogP contribution in [-0.2, 0) is 12.7 Å². The molecule has 0 N–H and O–H groups in total. The average molecular weight is 483 g/mol. The second-order valence-corrected chi connectivity index (χ2v) is 7.88. The molecule has 0 fully saturated rings. The Hall–Kier alpha value is -3.98. The fraction of sp³-hybridized carbons (Fsp3) is 0.0833. The molecule has 5 rings (SSSR count). The fourth-order valence-electron chi connectivity index (χ4n) is 3.80. The average Bonchev–Trinajstić information content (AvgIpc) is 3.44. The summed E-state index contributed by atoms with van der Waals surface area (Å²) in [6.45, 7) is -0.120. The fourth-order valence-corrected chi connectivity index (χ4v) is 3.93. The molecule has 0 amide bonds. The van der Waals surface area contributed by atoms with Crippen molar-refractivity contribution in [1.29, 1.82) is 0 Å². The largest absolute Gasteiger partial charge is 0.432 e. The molecule has 3 aromatic heterocycles. The van der Waals surface area contributed by atoms with Crippen molar-refractivity contribution in [2.75, 3.05) is 0 Å². The molecule has 0 unspecified atom stereocenters. The van der Waals surface area contributed by atoms with Crippen LogP contribution in [0.3, 0.4) is 0 Å². The normalized spacial score (nSPS) is 11.8. The van der Waals surface area contributed by atoms with Crippen molar-refractivity contribution in [2.24, 2.45) is 0 Å². The molecule has 0 aliphatic heterocycles. The predicted octanol–water partition coefficient (Wildman–Crippen LogP) is 6.04. The lowest BCUT2D eigenvalue weighted by molar-refractivity contribution is -0.143. The molecule has 5 aromatic rings. The SMILES string of the molecule is O=C(c1nc(-c2cccnc2)no1)c1c(C(F)(F)F)n(Cc2ccc(Cl)cc2)c2ccccc12. The minimum absolute atomic E-state index is 0.0508. The number of ketones is 1. The number of para-hydroxylation sites is 1. The van der Waals surface area contributed by atoms with Gasteiger partial charge >= 0.3 is 6.18 Å². The van der Waals surface area contributed by atoms with Crippen molar-refractivity contribution >= 4 is 28.3 Å². The Morgan fingerprint density at radius 2 is 1.79 bits per heavy atom.